The zero-order chi connectivity index (χ0) is 24.0. The van der Waals surface area contributed by atoms with E-state index in [1.165, 1.54) is 17.0 Å². The van der Waals surface area contributed by atoms with Crippen LogP contribution in [0.4, 0.5) is 20.2 Å². The number of rotatable bonds is 9. The van der Waals surface area contributed by atoms with Crippen LogP contribution in [0.2, 0.25) is 0 Å². The van der Waals surface area contributed by atoms with Gasteiger partial charge < -0.3 is 15.0 Å². The third-order valence-electron chi connectivity index (χ3n) is 4.75. The summed E-state index contributed by atoms with van der Waals surface area (Å²) in [5.41, 5.74) is 2.08. The van der Waals surface area contributed by atoms with Gasteiger partial charge in [-0.3, -0.25) is 14.5 Å². The van der Waals surface area contributed by atoms with Crippen molar-refractivity contribution in [3.63, 3.8) is 0 Å². The van der Waals surface area contributed by atoms with Crippen molar-refractivity contribution in [3.8, 4) is 5.75 Å². The van der Waals surface area contributed by atoms with E-state index in [-0.39, 0.29) is 30.5 Å². The van der Waals surface area contributed by atoms with Crippen LogP contribution in [-0.2, 0) is 9.59 Å². The Hall–Kier alpha value is -2.98. The van der Waals surface area contributed by atoms with E-state index in [1.54, 1.807) is 18.2 Å². The largest absolute Gasteiger partial charge is 0.434 e. The molecule has 0 unspecified atom stereocenters. The first-order chi connectivity index (χ1) is 15.7. The lowest BCUT2D eigenvalue weighted by Crippen LogP contribution is -2.29. The van der Waals surface area contributed by atoms with E-state index in [4.69, 9.17) is 12.2 Å². The summed E-state index contributed by atoms with van der Waals surface area (Å²) in [5.74, 6) is -0.503. The molecule has 2 aromatic rings. The highest BCUT2D eigenvalue weighted by Gasteiger charge is 2.32. The van der Waals surface area contributed by atoms with Gasteiger partial charge in [-0.1, -0.05) is 42.2 Å². The fraction of sp³-hybridized carbons (Fsp3) is 0.261. The van der Waals surface area contributed by atoms with Crippen LogP contribution in [-0.4, -0.2) is 48.3 Å². The maximum Gasteiger partial charge on any atom is 0.387 e. The van der Waals surface area contributed by atoms with Crippen LogP contribution < -0.4 is 15.0 Å². The molecule has 1 aliphatic rings. The number of hydrogen-bond donors (Lipinski definition) is 1. The Bertz CT molecular complexity index is 1060. The smallest absolute Gasteiger partial charge is 0.387 e. The van der Waals surface area contributed by atoms with Crippen molar-refractivity contribution in [1.29, 1.82) is 0 Å². The van der Waals surface area contributed by atoms with Gasteiger partial charge in [0.1, 0.15) is 10.1 Å². The van der Waals surface area contributed by atoms with Crippen LogP contribution in [0.15, 0.2) is 53.4 Å². The molecule has 0 spiro atoms. The van der Waals surface area contributed by atoms with Gasteiger partial charge in [-0.05, 0) is 42.8 Å². The van der Waals surface area contributed by atoms with Crippen molar-refractivity contribution in [2.75, 3.05) is 30.9 Å². The average molecular weight is 492 g/mol. The number of thiocarbonyl (C=S) groups is 1. The number of thioether (sulfide) groups is 1. The summed E-state index contributed by atoms with van der Waals surface area (Å²) in [6, 6.07) is 13.7. The maximum atomic E-state index is 12.8. The predicted molar refractivity (Wildman–Crippen MR) is 132 cm³/mol. The second kappa shape index (κ2) is 11.2. The van der Waals surface area contributed by atoms with E-state index in [0.717, 1.165) is 17.4 Å². The molecule has 6 nitrogen and oxygen atoms in total. The SMILES string of the molecule is CN(C)c1ccc(NC(=O)CCCN2C(=O)/C(=C/c3ccccc3OC(F)F)SC2=S)cc1. The fourth-order valence-corrected chi connectivity index (χ4v) is 4.40. The highest BCUT2D eigenvalue weighted by molar-refractivity contribution is 8.26. The number of carbonyl (C=O) groups excluding carboxylic acids is 2. The topological polar surface area (TPSA) is 61.9 Å². The van der Waals surface area contributed by atoms with Crippen LogP contribution in [0, 0.1) is 0 Å². The molecule has 0 radical (unpaired) electrons. The number of hydrogen-bond acceptors (Lipinski definition) is 6. The highest BCUT2D eigenvalue weighted by atomic mass is 32.2. The molecule has 33 heavy (non-hydrogen) atoms. The molecule has 0 aliphatic carbocycles. The van der Waals surface area contributed by atoms with Crippen molar-refractivity contribution >= 4 is 57.6 Å². The minimum atomic E-state index is -2.97. The zero-order valence-electron chi connectivity index (χ0n) is 18.1. The number of anilines is 2. The van der Waals surface area contributed by atoms with Crippen molar-refractivity contribution in [3.05, 3.63) is 59.0 Å². The quantitative estimate of drug-likeness (QED) is 0.395. The first kappa shape index (κ1) is 24.7. The number of nitrogens with zero attached hydrogens (tertiary/aromatic N) is 2. The number of halogens is 2. The Kier molecular flexibility index (Phi) is 8.40. The van der Waals surface area contributed by atoms with Gasteiger partial charge in [0.2, 0.25) is 5.91 Å². The molecule has 1 fully saturated rings. The zero-order valence-corrected chi connectivity index (χ0v) is 19.7. The minimum Gasteiger partial charge on any atom is -0.434 e. The summed E-state index contributed by atoms with van der Waals surface area (Å²) >= 11 is 6.39. The normalized spacial score (nSPS) is 14.8. The fourth-order valence-electron chi connectivity index (χ4n) is 3.10. The van der Waals surface area contributed by atoms with Crippen molar-refractivity contribution < 1.29 is 23.1 Å². The Morgan fingerprint density at radius 1 is 1.21 bits per heavy atom. The number of amides is 2. The third kappa shape index (κ3) is 6.75. The number of para-hydroxylation sites is 1. The van der Waals surface area contributed by atoms with E-state index in [1.807, 2.05) is 43.3 Å². The van der Waals surface area contributed by atoms with Gasteiger partial charge >= 0.3 is 6.61 Å². The molecule has 0 bridgehead atoms. The molecule has 0 aromatic heterocycles. The molecule has 0 saturated carbocycles. The van der Waals surface area contributed by atoms with Gasteiger partial charge in [-0.2, -0.15) is 8.78 Å². The van der Waals surface area contributed by atoms with Crippen LogP contribution >= 0.6 is 24.0 Å². The van der Waals surface area contributed by atoms with E-state index >= 15 is 0 Å². The monoisotopic (exact) mass is 491 g/mol. The van der Waals surface area contributed by atoms with Gasteiger partial charge in [-0.25, -0.2) is 0 Å². The second-order valence-corrected chi connectivity index (χ2v) is 9.02. The molecule has 2 amide bonds. The molecule has 1 N–H and O–H groups in total. The summed E-state index contributed by atoms with van der Waals surface area (Å²) in [6.45, 7) is -2.68. The summed E-state index contributed by atoms with van der Waals surface area (Å²) in [4.78, 5) is 28.7. The van der Waals surface area contributed by atoms with E-state index in [0.29, 0.717) is 26.9 Å². The summed E-state index contributed by atoms with van der Waals surface area (Å²) in [7, 11) is 3.87. The van der Waals surface area contributed by atoms with E-state index in [9.17, 15) is 18.4 Å². The lowest BCUT2D eigenvalue weighted by molar-refractivity contribution is -0.122. The van der Waals surface area contributed by atoms with Crippen LogP contribution in [0.3, 0.4) is 0 Å². The van der Waals surface area contributed by atoms with Gasteiger partial charge in [0.05, 0.1) is 4.91 Å². The molecule has 0 atom stereocenters. The second-order valence-electron chi connectivity index (χ2n) is 7.34. The van der Waals surface area contributed by atoms with Crippen LogP contribution in [0.25, 0.3) is 6.08 Å². The van der Waals surface area contributed by atoms with Gasteiger partial charge in [0, 0.05) is 44.0 Å². The molecular formula is C23H23F2N3O3S2. The van der Waals surface area contributed by atoms with Gasteiger partial charge in [0.15, 0.2) is 0 Å². The number of alkyl halides is 2. The molecule has 174 valence electrons. The van der Waals surface area contributed by atoms with Crippen molar-refractivity contribution in [2.24, 2.45) is 0 Å². The number of benzene rings is 2. The van der Waals surface area contributed by atoms with E-state index in [2.05, 4.69) is 10.1 Å². The minimum absolute atomic E-state index is 0.0203. The summed E-state index contributed by atoms with van der Waals surface area (Å²) in [5, 5.41) is 2.83. The average Bonchev–Trinajstić information content (AvgIpc) is 3.02. The Morgan fingerprint density at radius 2 is 1.91 bits per heavy atom. The third-order valence-corrected chi connectivity index (χ3v) is 6.13. The molecular weight excluding hydrogens is 468 g/mol. The standard InChI is InChI=1S/C23H23F2N3O3S2/c1-27(2)17-11-9-16(10-12-17)26-20(29)8-5-13-28-21(30)19(33-23(28)32)14-15-6-3-4-7-18(15)31-22(24)25/h3-4,6-7,9-12,14,22H,5,8,13H2,1-2H3,(H,26,29)/b19-14-. The predicted octanol–water partition coefficient (Wildman–Crippen LogP) is 4.97. The Morgan fingerprint density at radius 3 is 2.58 bits per heavy atom. The number of carbonyl (C=O) groups is 2. The first-order valence-corrected chi connectivity index (χ1v) is 11.3. The highest BCUT2D eigenvalue weighted by Crippen LogP contribution is 2.34. The Balaban J connectivity index is 1.55. The number of nitrogens with one attached hydrogen (secondary N) is 1. The van der Waals surface area contributed by atoms with Crippen molar-refractivity contribution in [1.82, 2.24) is 4.90 Å². The molecule has 3 rings (SSSR count). The lowest BCUT2D eigenvalue weighted by Gasteiger charge is -2.15. The van der Waals surface area contributed by atoms with Crippen LogP contribution in [0.1, 0.15) is 18.4 Å². The summed E-state index contributed by atoms with van der Waals surface area (Å²) in [6.07, 6.45) is 2.13. The molecule has 1 saturated heterocycles. The van der Waals surface area contributed by atoms with Crippen molar-refractivity contribution in [2.45, 2.75) is 19.5 Å². The molecule has 1 heterocycles. The van der Waals surface area contributed by atoms with Crippen LogP contribution in [0.5, 0.6) is 5.75 Å². The molecule has 10 heteroatoms. The molecule has 2 aromatic carbocycles. The first-order valence-electron chi connectivity index (χ1n) is 10.1. The van der Waals surface area contributed by atoms with Gasteiger partial charge in [0.25, 0.3) is 5.91 Å². The summed E-state index contributed by atoms with van der Waals surface area (Å²) < 4.78 is 30.1. The lowest BCUT2D eigenvalue weighted by atomic mass is 10.2. The van der Waals surface area contributed by atoms with E-state index < -0.39 is 6.61 Å². The maximum absolute atomic E-state index is 12.8. The number of ether oxygens (including phenoxy) is 1. The molecule has 1 aliphatic heterocycles. The van der Waals surface area contributed by atoms with Gasteiger partial charge in [-0.15, -0.1) is 0 Å². The Labute approximate surface area is 200 Å².